The van der Waals surface area contributed by atoms with Gasteiger partial charge in [-0.1, -0.05) is 26.8 Å². The van der Waals surface area contributed by atoms with E-state index in [2.05, 4.69) is 20.8 Å². The van der Waals surface area contributed by atoms with Gasteiger partial charge >= 0.3 is 5.97 Å². The van der Waals surface area contributed by atoms with Gasteiger partial charge in [-0.25, -0.2) is 4.79 Å². The Balaban J connectivity index is 1.49. The summed E-state index contributed by atoms with van der Waals surface area (Å²) in [5.74, 6) is 1.95. The van der Waals surface area contributed by atoms with E-state index in [9.17, 15) is 20.1 Å². The molecule has 5 heteroatoms. The van der Waals surface area contributed by atoms with Crippen LogP contribution in [0.2, 0.25) is 0 Å². The summed E-state index contributed by atoms with van der Waals surface area (Å²) in [5, 5.41) is 33.4. The average Bonchev–Trinajstić information content (AvgIpc) is 3.14. The molecule has 11 atom stereocenters. The zero-order chi connectivity index (χ0) is 24.8. The Morgan fingerprint density at radius 1 is 1.09 bits per heavy atom. The van der Waals surface area contributed by atoms with Gasteiger partial charge in [-0.05, 0) is 118 Å². The smallest absolute Gasteiger partial charge is 0.333 e. The maximum atomic E-state index is 11.9. The number of esters is 1. The van der Waals surface area contributed by atoms with Crippen LogP contribution < -0.4 is 0 Å². The first kappa shape index (κ1) is 26.2. The van der Waals surface area contributed by atoms with Crippen molar-refractivity contribution in [3.63, 3.8) is 0 Å². The number of carbonyl (C=O) groups excluding carboxylic acids is 1. The number of fused-ring (bicyclic) bond motifs is 5. The van der Waals surface area contributed by atoms with Gasteiger partial charge in [0.15, 0.2) is 0 Å². The fraction of sp³-hybridized carbons (Fsp3) is 0.897. The van der Waals surface area contributed by atoms with Crippen LogP contribution in [0, 0.1) is 46.3 Å². The van der Waals surface area contributed by atoms with Gasteiger partial charge < -0.3 is 20.1 Å². The molecule has 4 saturated carbocycles. The first-order valence-corrected chi connectivity index (χ1v) is 13.9. The molecular weight excluding hydrogens is 428 g/mol. The summed E-state index contributed by atoms with van der Waals surface area (Å²) in [6.07, 6.45) is 9.36. The molecule has 0 amide bonds. The van der Waals surface area contributed by atoms with Gasteiger partial charge in [0.25, 0.3) is 0 Å². The average molecular weight is 477 g/mol. The molecule has 0 heterocycles. The molecule has 0 bridgehead atoms. The molecule has 0 saturated heterocycles. The zero-order valence-electron chi connectivity index (χ0n) is 22.0. The van der Waals surface area contributed by atoms with Gasteiger partial charge in [0, 0.05) is 5.57 Å². The molecule has 34 heavy (non-hydrogen) atoms. The van der Waals surface area contributed by atoms with Gasteiger partial charge in [-0.2, -0.15) is 0 Å². The Morgan fingerprint density at radius 3 is 2.53 bits per heavy atom. The molecule has 4 fully saturated rings. The summed E-state index contributed by atoms with van der Waals surface area (Å²) in [4.78, 5) is 11.9. The maximum Gasteiger partial charge on any atom is 0.333 e. The summed E-state index contributed by atoms with van der Waals surface area (Å²) in [5.41, 5.74) is 0.625. The number of aliphatic hydroxyl groups excluding tert-OH is 3. The monoisotopic (exact) mass is 476 g/mol. The Morgan fingerprint density at radius 2 is 1.82 bits per heavy atom. The molecule has 0 spiro atoms. The first-order chi connectivity index (χ1) is 16.0. The molecule has 0 aromatic rings. The Kier molecular flexibility index (Phi) is 7.59. The number of ether oxygens (including phenoxy) is 1. The third-order valence-electron chi connectivity index (χ3n) is 11.2. The summed E-state index contributed by atoms with van der Waals surface area (Å²) in [6.45, 7) is 11.0. The van der Waals surface area contributed by atoms with Crippen LogP contribution in [0.15, 0.2) is 11.6 Å². The Labute approximate surface area is 206 Å². The Bertz CT molecular complexity index is 778. The lowest BCUT2D eigenvalue weighted by Gasteiger charge is -2.63. The molecule has 0 aromatic carbocycles. The van der Waals surface area contributed by atoms with E-state index in [0.717, 1.165) is 57.8 Å². The summed E-state index contributed by atoms with van der Waals surface area (Å²) in [6, 6.07) is 0. The second kappa shape index (κ2) is 9.86. The van der Waals surface area contributed by atoms with E-state index in [1.54, 1.807) is 0 Å². The first-order valence-electron chi connectivity index (χ1n) is 13.9. The van der Waals surface area contributed by atoms with Crippen LogP contribution in [0.4, 0.5) is 0 Å². The molecule has 0 aliphatic heterocycles. The lowest BCUT2D eigenvalue weighted by atomic mass is 9.43. The van der Waals surface area contributed by atoms with Crippen LogP contribution in [0.3, 0.4) is 0 Å². The number of hydrogen-bond acceptors (Lipinski definition) is 5. The largest absolute Gasteiger partial charge is 0.463 e. The molecule has 194 valence electrons. The highest BCUT2D eigenvalue weighted by Gasteiger charge is 2.65. The van der Waals surface area contributed by atoms with E-state index in [1.807, 2.05) is 19.9 Å². The number of aliphatic hydroxyl groups is 3. The van der Waals surface area contributed by atoms with Crippen molar-refractivity contribution in [1.29, 1.82) is 0 Å². The minimum absolute atomic E-state index is 0.116. The number of rotatable bonds is 6. The topological polar surface area (TPSA) is 87.0 Å². The fourth-order valence-corrected chi connectivity index (χ4v) is 9.22. The molecule has 4 aliphatic rings. The summed E-state index contributed by atoms with van der Waals surface area (Å²) in [7, 11) is 0. The Hall–Kier alpha value is -0.910. The molecular formula is C29H48O5. The third-order valence-corrected chi connectivity index (χ3v) is 11.2. The van der Waals surface area contributed by atoms with Crippen molar-refractivity contribution in [2.75, 3.05) is 6.61 Å². The van der Waals surface area contributed by atoms with Crippen molar-refractivity contribution >= 4 is 5.97 Å². The second-order valence-electron chi connectivity index (χ2n) is 12.7. The minimum atomic E-state index is -0.347. The highest BCUT2D eigenvalue weighted by atomic mass is 16.5. The molecule has 4 rings (SSSR count). The van der Waals surface area contributed by atoms with Crippen molar-refractivity contribution < 1.29 is 24.9 Å². The van der Waals surface area contributed by atoms with E-state index in [-0.39, 0.29) is 41.0 Å². The van der Waals surface area contributed by atoms with E-state index in [0.29, 0.717) is 41.8 Å². The predicted octanol–water partition coefficient (Wildman–Crippen LogP) is 4.87. The number of allylic oxidation sites excluding steroid dienone is 1. The van der Waals surface area contributed by atoms with Gasteiger partial charge in [0.05, 0.1) is 24.9 Å². The minimum Gasteiger partial charge on any atom is -0.463 e. The summed E-state index contributed by atoms with van der Waals surface area (Å²) < 4.78 is 5.10. The van der Waals surface area contributed by atoms with Crippen LogP contribution in [-0.4, -0.2) is 46.2 Å². The molecule has 0 aromatic heterocycles. The molecule has 5 nitrogen and oxygen atoms in total. The zero-order valence-corrected chi connectivity index (χ0v) is 22.0. The van der Waals surface area contributed by atoms with Crippen LogP contribution in [0.25, 0.3) is 0 Å². The van der Waals surface area contributed by atoms with Crippen molar-refractivity contribution in [3.8, 4) is 0 Å². The standard InChI is InChI=1S/C29H48O5/c1-6-34-27(33)18(3)9-7-8-17(2)21-10-11-22-26-23(16-25(32)29(21,22)5)28(4)13-12-20(30)14-19(28)15-24(26)31/h9,17,19-26,30-32H,6-8,10-16H2,1-5H3/b18-9+/t17-,19+,20-,21-,22?,23?,24-,25+,26?,28+,29-/m1/s1. The predicted molar refractivity (Wildman–Crippen MR) is 133 cm³/mol. The van der Waals surface area contributed by atoms with E-state index in [1.165, 1.54) is 0 Å². The van der Waals surface area contributed by atoms with Crippen molar-refractivity contribution in [2.45, 2.75) is 111 Å². The van der Waals surface area contributed by atoms with Crippen LogP contribution >= 0.6 is 0 Å². The molecule has 4 aliphatic carbocycles. The van der Waals surface area contributed by atoms with E-state index < -0.39 is 0 Å². The second-order valence-corrected chi connectivity index (χ2v) is 12.7. The normalized spacial score (nSPS) is 47.4. The van der Waals surface area contributed by atoms with Crippen molar-refractivity contribution in [2.24, 2.45) is 46.3 Å². The highest BCUT2D eigenvalue weighted by molar-refractivity contribution is 5.87. The molecule has 3 N–H and O–H groups in total. The quantitative estimate of drug-likeness (QED) is 0.376. The number of carbonyl (C=O) groups is 1. The van der Waals surface area contributed by atoms with Crippen LogP contribution in [-0.2, 0) is 9.53 Å². The van der Waals surface area contributed by atoms with Crippen LogP contribution in [0.1, 0.15) is 92.4 Å². The van der Waals surface area contributed by atoms with E-state index in [4.69, 9.17) is 4.74 Å². The maximum absolute atomic E-state index is 11.9. The van der Waals surface area contributed by atoms with Gasteiger partial charge in [-0.3, -0.25) is 0 Å². The SMILES string of the molecule is CCOC(=O)/C(C)=C/CC[C@@H](C)[C@H]1CCC2C3C(C[C@H](O)[C@@]21C)[C@@]1(C)CC[C@@H](O)C[C@H]1C[C@H]3O. The third kappa shape index (κ3) is 4.28. The lowest BCUT2D eigenvalue weighted by Crippen LogP contribution is -2.62. The van der Waals surface area contributed by atoms with Gasteiger partial charge in [-0.15, -0.1) is 0 Å². The fourth-order valence-electron chi connectivity index (χ4n) is 9.22. The number of hydrogen-bond donors (Lipinski definition) is 3. The molecule has 0 radical (unpaired) electrons. The van der Waals surface area contributed by atoms with Crippen molar-refractivity contribution in [3.05, 3.63) is 11.6 Å². The molecule has 3 unspecified atom stereocenters. The van der Waals surface area contributed by atoms with E-state index >= 15 is 0 Å². The van der Waals surface area contributed by atoms with Gasteiger partial charge in [0.1, 0.15) is 0 Å². The van der Waals surface area contributed by atoms with Crippen LogP contribution in [0.5, 0.6) is 0 Å². The lowest BCUT2D eigenvalue weighted by molar-refractivity contribution is -0.207. The highest BCUT2D eigenvalue weighted by Crippen LogP contribution is 2.68. The van der Waals surface area contributed by atoms with Gasteiger partial charge in [0.2, 0.25) is 0 Å². The van der Waals surface area contributed by atoms with Crippen molar-refractivity contribution in [1.82, 2.24) is 0 Å². The summed E-state index contributed by atoms with van der Waals surface area (Å²) >= 11 is 0.